The fourth-order valence-corrected chi connectivity index (χ4v) is 3.33. The average molecular weight is 426 g/mol. The number of nitrogens with zero attached hydrogens (tertiary/aromatic N) is 4. The van der Waals surface area contributed by atoms with E-state index in [0.29, 0.717) is 35.8 Å². The van der Waals surface area contributed by atoms with Gasteiger partial charge in [0, 0.05) is 26.2 Å². The second kappa shape index (κ2) is 8.55. The van der Waals surface area contributed by atoms with Crippen LogP contribution < -0.4 is 19.3 Å². The Bertz CT molecular complexity index is 1150. The highest BCUT2D eigenvalue weighted by Gasteiger charge is 2.27. The Kier molecular flexibility index (Phi) is 5.66. The summed E-state index contributed by atoms with van der Waals surface area (Å²) >= 11 is 0. The van der Waals surface area contributed by atoms with Crippen molar-refractivity contribution in [3.63, 3.8) is 0 Å². The molecule has 0 saturated carbocycles. The number of para-hydroxylation sites is 2. The fraction of sp³-hybridized carbons (Fsp3) is 0.227. The second-order valence-electron chi connectivity index (χ2n) is 6.89. The van der Waals surface area contributed by atoms with Crippen LogP contribution in [0.3, 0.4) is 0 Å². The summed E-state index contributed by atoms with van der Waals surface area (Å²) in [7, 11) is 3.27. The Hall–Kier alpha value is -3.75. The van der Waals surface area contributed by atoms with E-state index < -0.39 is 6.61 Å². The molecule has 3 aromatic rings. The first kappa shape index (κ1) is 20.5. The van der Waals surface area contributed by atoms with Crippen molar-refractivity contribution in [1.82, 2.24) is 9.97 Å². The zero-order valence-electron chi connectivity index (χ0n) is 17.0. The molecule has 1 aliphatic heterocycles. The van der Waals surface area contributed by atoms with Crippen molar-refractivity contribution in [2.45, 2.75) is 6.61 Å². The monoisotopic (exact) mass is 426 g/mol. The van der Waals surface area contributed by atoms with E-state index in [0.717, 1.165) is 5.52 Å². The number of likely N-dealkylation sites (N-methyl/N-ethyl adjacent to an activating group) is 1. The molecule has 2 aromatic carbocycles. The molecule has 0 atom stereocenters. The molecule has 0 N–H and O–H groups in total. The molecular formula is C22H20F2N4O3. The number of carbonyl (C=O) groups is 1. The van der Waals surface area contributed by atoms with Gasteiger partial charge in [0.25, 0.3) is 5.91 Å². The maximum Gasteiger partial charge on any atom is 0.387 e. The molecule has 0 fully saturated rings. The van der Waals surface area contributed by atoms with Gasteiger partial charge in [0.15, 0.2) is 23.1 Å². The van der Waals surface area contributed by atoms with E-state index in [2.05, 4.69) is 14.7 Å². The SMILES string of the molecule is COc1cc(/C=C/C(=O)N2CCN(C)c3nc4ccccc4nc32)ccc1OC(F)F. The summed E-state index contributed by atoms with van der Waals surface area (Å²) in [5, 5.41) is 0. The summed E-state index contributed by atoms with van der Waals surface area (Å²) in [6.07, 6.45) is 3.00. The smallest absolute Gasteiger partial charge is 0.387 e. The van der Waals surface area contributed by atoms with Crippen LogP contribution in [0.1, 0.15) is 5.56 Å². The highest BCUT2D eigenvalue weighted by molar-refractivity contribution is 6.05. The van der Waals surface area contributed by atoms with Crippen molar-refractivity contribution < 1.29 is 23.0 Å². The van der Waals surface area contributed by atoms with Gasteiger partial charge in [0.05, 0.1) is 18.1 Å². The molecule has 31 heavy (non-hydrogen) atoms. The van der Waals surface area contributed by atoms with E-state index in [-0.39, 0.29) is 17.4 Å². The number of carbonyl (C=O) groups excluding carboxylic acids is 1. The lowest BCUT2D eigenvalue weighted by atomic mass is 10.2. The minimum atomic E-state index is -2.95. The van der Waals surface area contributed by atoms with Gasteiger partial charge < -0.3 is 14.4 Å². The number of benzene rings is 2. The zero-order chi connectivity index (χ0) is 22.0. The molecule has 0 radical (unpaired) electrons. The van der Waals surface area contributed by atoms with Crippen molar-refractivity contribution in [3.8, 4) is 11.5 Å². The summed E-state index contributed by atoms with van der Waals surface area (Å²) < 4.78 is 34.5. The van der Waals surface area contributed by atoms with Crippen LogP contribution in [0.15, 0.2) is 48.5 Å². The van der Waals surface area contributed by atoms with Crippen LogP contribution in [0.2, 0.25) is 0 Å². The molecule has 0 unspecified atom stereocenters. The van der Waals surface area contributed by atoms with Crippen LogP contribution in [0.4, 0.5) is 20.4 Å². The Morgan fingerprint density at radius 3 is 2.45 bits per heavy atom. The highest BCUT2D eigenvalue weighted by atomic mass is 19.3. The molecule has 0 spiro atoms. The third kappa shape index (κ3) is 4.25. The van der Waals surface area contributed by atoms with Crippen molar-refractivity contribution >= 4 is 34.7 Å². The van der Waals surface area contributed by atoms with Crippen LogP contribution >= 0.6 is 0 Å². The van der Waals surface area contributed by atoms with Crippen LogP contribution in [-0.2, 0) is 4.79 Å². The molecule has 4 rings (SSSR count). The zero-order valence-corrected chi connectivity index (χ0v) is 17.0. The topological polar surface area (TPSA) is 67.8 Å². The highest BCUT2D eigenvalue weighted by Crippen LogP contribution is 2.32. The van der Waals surface area contributed by atoms with Gasteiger partial charge in [-0.05, 0) is 35.9 Å². The molecular weight excluding hydrogens is 406 g/mol. The Labute approximate surface area is 177 Å². The molecule has 1 aromatic heterocycles. The molecule has 160 valence electrons. The van der Waals surface area contributed by atoms with Crippen LogP contribution in [0.25, 0.3) is 17.1 Å². The fourth-order valence-electron chi connectivity index (χ4n) is 3.33. The van der Waals surface area contributed by atoms with E-state index >= 15 is 0 Å². The summed E-state index contributed by atoms with van der Waals surface area (Å²) in [6, 6.07) is 12.0. The number of alkyl halides is 2. The van der Waals surface area contributed by atoms with Gasteiger partial charge in [-0.2, -0.15) is 8.78 Å². The van der Waals surface area contributed by atoms with Gasteiger partial charge in [-0.25, -0.2) is 9.97 Å². The summed E-state index contributed by atoms with van der Waals surface area (Å²) in [4.78, 5) is 25.8. The number of hydrogen-bond acceptors (Lipinski definition) is 6. The van der Waals surface area contributed by atoms with Gasteiger partial charge in [-0.15, -0.1) is 0 Å². The number of halogens is 2. The Morgan fingerprint density at radius 2 is 1.77 bits per heavy atom. The van der Waals surface area contributed by atoms with E-state index in [1.165, 1.54) is 25.3 Å². The molecule has 0 aliphatic carbocycles. The standard InChI is InChI=1S/C22H20F2N4O3/c1-27-11-12-28(21-20(27)25-15-5-3-4-6-16(15)26-21)19(29)10-8-14-7-9-17(31-22(23)24)18(13-14)30-2/h3-10,13,22H,11-12H2,1-2H3/b10-8+. The minimum Gasteiger partial charge on any atom is -0.493 e. The van der Waals surface area contributed by atoms with E-state index in [1.54, 1.807) is 17.0 Å². The lowest BCUT2D eigenvalue weighted by Crippen LogP contribution is -2.43. The predicted molar refractivity (Wildman–Crippen MR) is 114 cm³/mol. The number of fused-ring (bicyclic) bond motifs is 2. The first-order valence-electron chi connectivity index (χ1n) is 9.56. The third-order valence-electron chi connectivity index (χ3n) is 4.90. The maximum absolute atomic E-state index is 12.9. The number of aromatic nitrogens is 2. The Morgan fingerprint density at radius 1 is 1.06 bits per heavy atom. The van der Waals surface area contributed by atoms with Gasteiger partial charge in [-0.1, -0.05) is 18.2 Å². The quantitative estimate of drug-likeness (QED) is 0.579. The molecule has 9 heteroatoms. The third-order valence-corrected chi connectivity index (χ3v) is 4.90. The normalized spacial score (nSPS) is 13.7. The van der Waals surface area contributed by atoms with Crippen molar-refractivity contribution in [2.75, 3.05) is 37.0 Å². The first-order valence-corrected chi connectivity index (χ1v) is 9.56. The number of hydrogen-bond donors (Lipinski definition) is 0. The minimum absolute atomic E-state index is 0.0730. The average Bonchev–Trinajstić information content (AvgIpc) is 2.77. The molecule has 0 saturated heterocycles. The number of amides is 1. The molecule has 0 bridgehead atoms. The maximum atomic E-state index is 12.9. The summed E-state index contributed by atoms with van der Waals surface area (Å²) in [5.74, 6) is 0.960. The number of anilines is 2. The molecule has 7 nitrogen and oxygen atoms in total. The van der Waals surface area contributed by atoms with Crippen molar-refractivity contribution in [1.29, 1.82) is 0 Å². The van der Waals surface area contributed by atoms with E-state index in [1.807, 2.05) is 36.2 Å². The van der Waals surface area contributed by atoms with Gasteiger partial charge in [0.2, 0.25) is 0 Å². The van der Waals surface area contributed by atoms with E-state index in [4.69, 9.17) is 4.74 Å². The van der Waals surface area contributed by atoms with Crippen molar-refractivity contribution in [2.24, 2.45) is 0 Å². The van der Waals surface area contributed by atoms with Crippen molar-refractivity contribution in [3.05, 3.63) is 54.1 Å². The van der Waals surface area contributed by atoms with E-state index in [9.17, 15) is 13.6 Å². The van der Waals surface area contributed by atoms with Gasteiger partial charge >= 0.3 is 6.61 Å². The second-order valence-corrected chi connectivity index (χ2v) is 6.89. The first-order chi connectivity index (χ1) is 15.0. The van der Waals surface area contributed by atoms with Gasteiger partial charge in [-0.3, -0.25) is 9.69 Å². The van der Waals surface area contributed by atoms with Crippen LogP contribution in [-0.4, -0.2) is 49.7 Å². The number of methoxy groups -OCH3 is 1. The summed E-state index contributed by atoms with van der Waals surface area (Å²) in [5.41, 5.74) is 2.07. The molecule has 1 amide bonds. The van der Waals surface area contributed by atoms with Gasteiger partial charge in [0.1, 0.15) is 0 Å². The Balaban J connectivity index is 1.60. The molecule has 1 aliphatic rings. The molecule has 2 heterocycles. The summed E-state index contributed by atoms with van der Waals surface area (Å²) in [6.45, 7) is -1.87. The predicted octanol–water partition coefficient (Wildman–Crippen LogP) is 3.74. The largest absolute Gasteiger partial charge is 0.493 e. The lowest BCUT2D eigenvalue weighted by molar-refractivity contribution is -0.114. The number of ether oxygens (including phenoxy) is 2. The van der Waals surface area contributed by atoms with Crippen LogP contribution in [0.5, 0.6) is 11.5 Å². The number of rotatable bonds is 5. The lowest BCUT2D eigenvalue weighted by Gasteiger charge is -2.33. The van der Waals surface area contributed by atoms with Crippen LogP contribution in [0, 0.1) is 0 Å².